The minimum absolute atomic E-state index is 0.0126. The third kappa shape index (κ3) is 2.90. The van der Waals surface area contributed by atoms with E-state index in [1.54, 1.807) is 0 Å². The van der Waals surface area contributed by atoms with Crippen molar-refractivity contribution in [3.8, 4) is 0 Å². The molecule has 0 saturated heterocycles. The number of aromatic nitrogens is 4. The summed E-state index contributed by atoms with van der Waals surface area (Å²) in [6.45, 7) is 11.1. The first kappa shape index (κ1) is 15.1. The van der Waals surface area contributed by atoms with Crippen molar-refractivity contribution in [3.05, 3.63) is 34.9 Å². The van der Waals surface area contributed by atoms with Gasteiger partial charge in [-0.05, 0) is 40.2 Å². The summed E-state index contributed by atoms with van der Waals surface area (Å²) in [7, 11) is 0. The van der Waals surface area contributed by atoms with Gasteiger partial charge in [0.15, 0.2) is 0 Å². The van der Waals surface area contributed by atoms with Crippen LogP contribution in [-0.2, 0) is 6.54 Å². The van der Waals surface area contributed by atoms with Gasteiger partial charge in [0.05, 0.1) is 23.3 Å². The molecule has 2 rings (SSSR count). The number of alkyl halides is 1. The maximum Gasteiger partial charge on any atom is 0.0853 e. The normalized spacial score (nSPS) is 14.5. The van der Waals surface area contributed by atoms with Crippen molar-refractivity contribution < 1.29 is 0 Å². The highest BCUT2D eigenvalue weighted by atomic mass is 35.5. The number of hydrogen-bond acceptors (Lipinski definition) is 2. The Morgan fingerprint density at radius 3 is 2.50 bits per heavy atom. The molecule has 5 heteroatoms. The highest BCUT2D eigenvalue weighted by molar-refractivity contribution is 6.20. The molecular formula is C15H23ClN4. The topological polar surface area (TPSA) is 35.6 Å². The van der Waals surface area contributed by atoms with E-state index < -0.39 is 0 Å². The zero-order chi connectivity index (χ0) is 14.9. The average molecular weight is 295 g/mol. The molecule has 2 unspecified atom stereocenters. The van der Waals surface area contributed by atoms with E-state index >= 15 is 0 Å². The highest BCUT2D eigenvalue weighted by Crippen LogP contribution is 2.26. The molecule has 2 aromatic rings. The number of nitrogens with zero attached hydrogens (tertiary/aromatic N) is 4. The molecular weight excluding hydrogens is 272 g/mol. The van der Waals surface area contributed by atoms with Gasteiger partial charge < -0.3 is 0 Å². The van der Waals surface area contributed by atoms with E-state index in [4.69, 9.17) is 11.6 Å². The first-order valence-electron chi connectivity index (χ1n) is 7.16. The van der Waals surface area contributed by atoms with Crippen LogP contribution in [0.15, 0.2) is 12.3 Å². The largest absolute Gasteiger partial charge is 0.270 e. The number of aryl methyl sites for hydroxylation is 1. The minimum Gasteiger partial charge on any atom is -0.270 e. The molecule has 20 heavy (non-hydrogen) atoms. The molecule has 0 radical (unpaired) electrons. The Bertz CT molecular complexity index is 583. The molecule has 2 aromatic heterocycles. The van der Waals surface area contributed by atoms with Crippen molar-refractivity contribution in [1.82, 2.24) is 19.6 Å². The predicted octanol–water partition coefficient (Wildman–Crippen LogP) is 4.02. The molecule has 2 atom stereocenters. The van der Waals surface area contributed by atoms with Crippen molar-refractivity contribution in [2.45, 2.75) is 59.0 Å². The lowest BCUT2D eigenvalue weighted by Gasteiger charge is -2.08. The van der Waals surface area contributed by atoms with Gasteiger partial charge in [0.1, 0.15) is 0 Å². The molecule has 2 heterocycles. The van der Waals surface area contributed by atoms with Gasteiger partial charge in [-0.1, -0.05) is 6.92 Å². The summed E-state index contributed by atoms with van der Waals surface area (Å²) in [6.07, 6.45) is 3.12. The molecule has 0 fully saturated rings. The van der Waals surface area contributed by atoms with Crippen LogP contribution in [0, 0.1) is 13.8 Å². The summed E-state index contributed by atoms with van der Waals surface area (Å²) >= 11 is 6.22. The molecule has 4 nitrogen and oxygen atoms in total. The van der Waals surface area contributed by atoms with Gasteiger partial charge in [-0.3, -0.25) is 9.36 Å². The van der Waals surface area contributed by atoms with Crippen LogP contribution < -0.4 is 0 Å². The summed E-state index contributed by atoms with van der Waals surface area (Å²) in [5, 5.41) is 9.20. The first-order valence-corrected chi connectivity index (χ1v) is 7.59. The Kier molecular flexibility index (Phi) is 4.53. The fraction of sp³-hybridized carbons (Fsp3) is 0.600. The molecule has 0 amide bonds. The average Bonchev–Trinajstić information content (AvgIpc) is 2.95. The SMILES string of the molecule is CCC(C)n1ccc(Cn2nc(C)c(C(C)Cl)c2C)n1. The number of halogens is 1. The van der Waals surface area contributed by atoms with Gasteiger partial charge in [0, 0.05) is 23.5 Å². The highest BCUT2D eigenvalue weighted by Gasteiger charge is 2.16. The molecule has 0 saturated carbocycles. The fourth-order valence-electron chi connectivity index (χ4n) is 2.49. The Morgan fingerprint density at radius 1 is 1.25 bits per heavy atom. The predicted molar refractivity (Wildman–Crippen MR) is 82.3 cm³/mol. The van der Waals surface area contributed by atoms with Crippen molar-refractivity contribution in [1.29, 1.82) is 0 Å². The van der Waals surface area contributed by atoms with Gasteiger partial charge in [0.25, 0.3) is 0 Å². The van der Waals surface area contributed by atoms with Crippen LogP contribution in [0.2, 0.25) is 0 Å². The minimum atomic E-state index is -0.0126. The summed E-state index contributed by atoms with van der Waals surface area (Å²) in [4.78, 5) is 0. The van der Waals surface area contributed by atoms with Crippen LogP contribution in [0.25, 0.3) is 0 Å². The second-order valence-corrected chi connectivity index (χ2v) is 6.06. The summed E-state index contributed by atoms with van der Waals surface area (Å²) in [5.74, 6) is 0. The van der Waals surface area contributed by atoms with E-state index in [0.717, 1.165) is 29.1 Å². The third-order valence-electron chi connectivity index (χ3n) is 3.85. The van der Waals surface area contributed by atoms with Crippen molar-refractivity contribution >= 4 is 11.6 Å². The smallest absolute Gasteiger partial charge is 0.0853 e. The van der Waals surface area contributed by atoms with E-state index in [9.17, 15) is 0 Å². The Labute approximate surface area is 125 Å². The van der Waals surface area contributed by atoms with Crippen LogP contribution in [0.3, 0.4) is 0 Å². The summed E-state index contributed by atoms with van der Waals surface area (Å²) in [6, 6.07) is 2.49. The summed E-state index contributed by atoms with van der Waals surface area (Å²) in [5.41, 5.74) is 4.30. The van der Waals surface area contributed by atoms with Crippen LogP contribution in [0.4, 0.5) is 0 Å². The Morgan fingerprint density at radius 2 is 1.95 bits per heavy atom. The first-order chi connectivity index (χ1) is 9.43. The van der Waals surface area contributed by atoms with E-state index in [1.807, 2.05) is 29.4 Å². The summed E-state index contributed by atoms with van der Waals surface area (Å²) < 4.78 is 4.01. The zero-order valence-electron chi connectivity index (χ0n) is 12.9. The van der Waals surface area contributed by atoms with Crippen LogP contribution in [-0.4, -0.2) is 19.6 Å². The molecule has 110 valence electrons. The van der Waals surface area contributed by atoms with Gasteiger partial charge in [-0.2, -0.15) is 10.2 Å². The van der Waals surface area contributed by atoms with Crippen molar-refractivity contribution in [2.75, 3.05) is 0 Å². The van der Waals surface area contributed by atoms with E-state index in [0.29, 0.717) is 12.6 Å². The maximum absolute atomic E-state index is 6.22. The molecule has 0 N–H and O–H groups in total. The molecule has 0 aliphatic carbocycles. The second kappa shape index (κ2) is 6.00. The number of rotatable bonds is 5. The quantitative estimate of drug-likeness (QED) is 0.781. The Hall–Kier alpha value is -1.29. The van der Waals surface area contributed by atoms with Gasteiger partial charge >= 0.3 is 0 Å². The lowest BCUT2D eigenvalue weighted by molar-refractivity contribution is 0.470. The van der Waals surface area contributed by atoms with Crippen molar-refractivity contribution in [2.24, 2.45) is 0 Å². The van der Waals surface area contributed by atoms with Crippen LogP contribution >= 0.6 is 11.6 Å². The van der Waals surface area contributed by atoms with E-state index in [1.165, 1.54) is 0 Å². The fourth-order valence-corrected chi connectivity index (χ4v) is 2.80. The molecule has 0 spiro atoms. The lowest BCUT2D eigenvalue weighted by atomic mass is 10.1. The molecule has 0 aliphatic heterocycles. The molecule has 0 aliphatic rings. The van der Waals surface area contributed by atoms with E-state index in [-0.39, 0.29) is 5.38 Å². The van der Waals surface area contributed by atoms with Gasteiger partial charge in [0.2, 0.25) is 0 Å². The third-order valence-corrected chi connectivity index (χ3v) is 4.07. The van der Waals surface area contributed by atoms with Crippen molar-refractivity contribution in [3.63, 3.8) is 0 Å². The maximum atomic E-state index is 6.22. The second-order valence-electron chi connectivity index (χ2n) is 5.40. The lowest BCUT2D eigenvalue weighted by Crippen LogP contribution is -2.08. The Balaban J connectivity index is 2.22. The monoisotopic (exact) mass is 294 g/mol. The van der Waals surface area contributed by atoms with Gasteiger partial charge in [-0.15, -0.1) is 11.6 Å². The molecule has 0 aromatic carbocycles. The van der Waals surface area contributed by atoms with Crippen LogP contribution in [0.1, 0.15) is 61.3 Å². The molecule has 0 bridgehead atoms. The number of hydrogen-bond donors (Lipinski definition) is 0. The zero-order valence-corrected chi connectivity index (χ0v) is 13.6. The standard InChI is InChI=1S/C15H23ClN4/c1-6-10(2)19-8-7-14(18-19)9-20-13(5)15(11(3)16)12(4)17-20/h7-8,10-11H,6,9H2,1-5H3. The van der Waals surface area contributed by atoms with Gasteiger partial charge in [-0.25, -0.2) is 0 Å². The van der Waals surface area contributed by atoms with E-state index in [2.05, 4.69) is 37.0 Å². The van der Waals surface area contributed by atoms with Crippen LogP contribution in [0.5, 0.6) is 0 Å².